The molecule has 0 aromatic carbocycles. The molecule has 12 nitrogen and oxygen atoms in total. The molecule has 0 radical (unpaired) electrons. The molecule has 0 spiro atoms. The van der Waals surface area contributed by atoms with E-state index in [0.29, 0.717) is 6.42 Å². The zero-order valence-electron chi connectivity index (χ0n) is 37.3. The number of carbonyl (C=O) groups excluding carboxylic acids is 1. The molecular formula is C46H90NO11P. The molecule has 13 heteroatoms. The molecule has 1 saturated carbocycles. The van der Waals surface area contributed by atoms with E-state index in [2.05, 4.69) is 19.2 Å². The monoisotopic (exact) mass is 864 g/mol. The van der Waals surface area contributed by atoms with Gasteiger partial charge in [-0.05, 0) is 19.3 Å². The van der Waals surface area contributed by atoms with Crippen molar-refractivity contribution in [2.45, 2.75) is 268 Å². The number of carbonyl (C=O) groups is 1. The van der Waals surface area contributed by atoms with Gasteiger partial charge in [0.05, 0.1) is 18.8 Å². The quantitative estimate of drug-likeness (QED) is 0.0166. The fraction of sp³-hybridized carbons (Fsp3) is 0.935. The molecule has 1 aliphatic carbocycles. The van der Waals surface area contributed by atoms with E-state index in [1.807, 2.05) is 6.08 Å². The molecule has 1 fully saturated rings. The van der Waals surface area contributed by atoms with Gasteiger partial charge in [0.25, 0.3) is 0 Å². The number of phosphoric acid groups is 1. The number of hydrogen-bond donors (Lipinski definition) is 8. The molecule has 0 heterocycles. The Balaban J connectivity index is 2.36. The van der Waals surface area contributed by atoms with Gasteiger partial charge in [-0.1, -0.05) is 206 Å². The minimum absolute atomic E-state index is 0.218. The van der Waals surface area contributed by atoms with Crippen molar-refractivity contribution >= 4 is 13.7 Å². The summed E-state index contributed by atoms with van der Waals surface area (Å²) in [5.41, 5.74) is 0. The topological polar surface area (TPSA) is 206 Å². The molecule has 6 unspecified atom stereocenters. The molecule has 0 aliphatic heterocycles. The Labute approximate surface area is 359 Å². The van der Waals surface area contributed by atoms with Gasteiger partial charge in [0.15, 0.2) is 0 Å². The number of aliphatic hydroxyl groups excluding tert-OH is 6. The summed E-state index contributed by atoms with van der Waals surface area (Å²) in [5, 5.41) is 63.9. The first-order chi connectivity index (χ1) is 28.4. The van der Waals surface area contributed by atoms with Crippen LogP contribution >= 0.6 is 7.82 Å². The molecule has 0 bridgehead atoms. The van der Waals surface area contributed by atoms with Gasteiger partial charge in [0, 0.05) is 6.42 Å². The van der Waals surface area contributed by atoms with Crippen LogP contribution < -0.4 is 5.32 Å². The van der Waals surface area contributed by atoms with Crippen molar-refractivity contribution in [3.63, 3.8) is 0 Å². The molecule has 59 heavy (non-hydrogen) atoms. The van der Waals surface area contributed by atoms with Crippen molar-refractivity contribution in [3.05, 3.63) is 12.2 Å². The second-order valence-electron chi connectivity index (χ2n) is 17.3. The maximum Gasteiger partial charge on any atom is 0.472 e. The van der Waals surface area contributed by atoms with Crippen molar-refractivity contribution in [2.24, 2.45) is 0 Å². The van der Waals surface area contributed by atoms with E-state index in [4.69, 9.17) is 9.05 Å². The van der Waals surface area contributed by atoms with Gasteiger partial charge in [-0.25, -0.2) is 4.57 Å². The van der Waals surface area contributed by atoms with E-state index in [1.165, 1.54) is 154 Å². The minimum atomic E-state index is -5.07. The van der Waals surface area contributed by atoms with Gasteiger partial charge in [-0.2, -0.15) is 0 Å². The third kappa shape index (κ3) is 28.4. The molecule has 8 N–H and O–H groups in total. The van der Waals surface area contributed by atoms with E-state index in [-0.39, 0.29) is 12.3 Å². The van der Waals surface area contributed by atoms with E-state index < -0.39 is 63.2 Å². The molecule has 1 rings (SSSR count). The zero-order valence-corrected chi connectivity index (χ0v) is 38.2. The molecular weight excluding hydrogens is 773 g/mol. The van der Waals surface area contributed by atoms with Crippen LogP contribution in [0.2, 0.25) is 0 Å². The standard InChI is InChI=1S/C46H90NO11P/c1-3-5-7-9-11-13-15-16-17-18-19-20-21-22-23-24-25-26-28-30-32-34-36-40(49)47-38(39(48)35-33-31-29-27-14-12-10-8-6-4-2)37-57-59(55,56)58-46-44(53)42(51)41(50)43(52)45(46)54/h33,35,38-39,41-46,48,50-54H,3-32,34,36-37H2,1-2H3,(H,47,49)(H,55,56)/b35-33+/t38-,39+,41?,42+,43?,44?,45?,46?/m0/s1. The zero-order chi connectivity index (χ0) is 43.6. The summed E-state index contributed by atoms with van der Waals surface area (Å²) in [6.07, 6.45) is 28.7. The van der Waals surface area contributed by atoms with Gasteiger partial charge in [-0.3, -0.25) is 13.8 Å². The lowest BCUT2D eigenvalue weighted by atomic mass is 9.85. The first-order valence-corrected chi connectivity index (χ1v) is 25.6. The highest BCUT2D eigenvalue weighted by molar-refractivity contribution is 7.47. The SMILES string of the molecule is CCCCCCCCCC/C=C/[C@@H](O)[C@H](COP(=O)(O)OC1C(O)C(O)C(O)[C@@H](O)C1O)NC(=O)CCCCCCCCCCCCCCCCCCCCCCCC. The molecule has 350 valence electrons. The van der Waals surface area contributed by atoms with E-state index >= 15 is 0 Å². The van der Waals surface area contributed by atoms with E-state index in [1.54, 1.807) is 0 Å². The van der Waals surface area contributed by atoms with Crippen LogP contribution in [0.1, 0.15) is 219 Å². The largest absolute Gasteiger partial charge is 0.472 e. The summed E-state index contributed by atoms with van der Waals surface area (Å²) in [6.45, 7) is 3.82. The van der Waals surface area contributed by atoms with Crippen molar-refractivity contribution in [2.75, 3.05) is 6.61 Å². The predicted molar refractivity (Wildman–Crippen MR) is 237 cm³/mol. The average molecular weight is 864 g/mol. The normalized spacial score (nSPS) is 23.1. The second kappa shape index (κ2) is 36.6. The Morgan fingerprint density at radius 2 is 0.898 bits per heavy atom. The molecule has 0 aromatic rings. The van der Waals surface area contributed by atoms with Gasteiger partial charge in [0.2, 0.25) is 5.91 Å². The van der Waals surface area contributed by atoms with Crippen LogP contribution in [0.25, 0.3) is 0 Å². The average Bonchev–Trinajstić information content (AvgIpc) is 3.22. The minimum Gasteiger partial charge on any atom is -0.387 e. The molecule has 0 aromatic heterocycles. The van der Waals surface area contributed by atoms with Gasteiger partial charge in [0.1, 0.15) is 36.6 Å². The van der Waals surface area contributed by atoms with Crippen molar-refractivity contribution < 1.29 is 53.9 Å². The smallest absolute Gasteiger partial charge is 0.387 e. The number of amides is 1. The number of aliphatic hydroxyl groups is 6. The summed E-state index contributed by atoms with van der Waals surface area (Å²) in [4.78, 5) is 23.3. The second-order valence-corrected chi connectivity index (χ2v) is 18.7. The van der Waals surface area contributed by atoms with Crippen molar-refractivity contribution in [3.8, 4) is 0 Å². The van der Waals surface area contributed by atoms with Gasteiger partial charge in [-0.15, -0.1) is 0 Å². The highest BCUT2D eigenvalue weighted by Crippen LogP contribution is 2.47. The number of nitrogens with one attached hydrogen (secondary N) is 1. The molecule has 9 atom stereocenters. The Kier molecular flexibility index (Phi) is 34.8. The van der Waals surface area contributed by atoms with E-state index in [0.717, 1.165) is 44.9 Å². The Morgan fingerprint density at radius 3 is 1.29 bits per heavy atom. The third-order valence-corrected chi connectivity index (χ3v) is 12.8. The van der Waals surface area contributed by atoms with Crippen LogP contribution in [0.15, 0.2) is 12.2 Å². The lowest BCUT2D eigenvalue weighted by Crippen LogP contribution is -2.64. The number of allylic oxidation sites excluding steroid dienone is 1. The van der Waals surface area contributed by atoms with Crippen LogP contribution in [-0.4, -0.2) is 96.8 Å². The number of rotatable bonds is 40. The Hall–Kier alpha value is -0.920. The lowest BCUT2D eigenvalue weighted by Gasteiger charge is -2.41. The highest BCUT2D eigenvalue weighted by atomic mass is 31.2. The van der Waals surface area contributed by atoms with Crippen LogP contribution in [0.5, 0.6) is 0 Å². The number of phosphoric ester groups is 1. The van der Waals surface area contributed by atoms with Crippen molar-refractivity contribution in [1.29, 1.82) is 0 Å². The fourth-order valence-electron chi connectivity index (χ4n) is 7.84. The van der Waals surface area contributed by atoms with E-state index in [9.17, 15) is 44.9 Å². The Bertz CT molecular complexity index is 1050. The number of hydrogen-bond acceptors (Lipinski definition) is 10. The molecule has 1 amide bonds. The predicted octanol–water partition coefficient (Wildman–Crippen LogP) is 9.23. The first-order valence-electron chi connectivity index (χ1n) is 24.1. The Morgan fingerprint density at radius 1 is 0.559 bits per heavy atom. The molecule has 0 saturated heterocycles. The first kappa shape index (κ1) is 56.1. The van der Waals surface area contributed by atoms with Crippen LogP contribution in [-0.2, 0) is 18.4 Å². The van der Waals surface area contributed by atoms with Crippen LogP contribution in [0.4, 0.5) is 0 Å². The third-order valence-electron chi connectivity index (χ3n) is 11.8. The van der Waals surface area contributed by atoms with Crippen LogP contribution in [0.3, 0.4) is 0 Å². The summed E-state index contributed by atoms with van der Waals surface area (Å²) >= 11 is 0. The highest BCUT2D eigenvalue weighted by Gasteiger charge is 2.51. The van der Waals surface area contributed by atoms with Gasteiger partial charge >= 0.3 is 7.82 Å². The van der Waals surface area contributed by atoms with Crippen LogP contribution in [0, 0.1) is 0 Å². The fourth-order valence-corrected chi connectivity index (χ4v) is 8.81. The summed E-state index contributed by atoms with van der Waals surface area (Å²) in [6, 6.07) is -1.11. The summed E-state index contributed by atoms with van der Waals surface area (Å²) in [5.74, 6) is -0.339. The maximum atomic E-state index is 12.9. The van der Waals surface area contributed by atoms with Gasteiger partial charge < -0.3 is 40.8 Å². The molecule has 1 aliphatic rings. The maximum absolute atomic E-state index is 12.9. The van der Waals surface area contributed by atoms with Crippen molar-refractivity contribution in [1.82, 2.24) is 5.32 Å². The lowest BCUT2D eigenvalue weighted by molar-refractivity contribution is -0.220. The summed E-state index contributed by atoms with van der Waals surface area (Å²) in [7, 11) is -5.07. The number of unbranched alkanes of at least 4 members (excludes halogenated alkanes) is 29. The summed E-state index contributed by atoms with van der Waals surface area (Å²) < 4.78 is 22.9.